The monoisotopic (exact) mass is 361 g/mol. The van der Waals surface area contributed by atoms with Crippen molar-refractivity contribution in [2.75, 3.05) is 11.9 Å². The number of ether oxygens (including phenoxy) is 1. The fourth-order valence-electron chi connectivity index (χ4n) is 1.84. The maximum atomic E-state index is 12.2. The number of amides is 1. The van der Waals surface area contributed by atoms with Gasteiger partial charge in [0.1, 0.15) is 0 Å². The number of hydrogen-bond acceptors (Lipinski definition) is 3. The molecule has 4 nitrogen and oxygen atoms in total. The first-order valence-corrected chi connectivity index (χ1v) is 7.65. The standard InChI is InChI=1S/C17H16BrNO3/c1-3-22-17(21)12-6-8-14(9-7-12)19-16(20)13-5-4-11(2)15(18)10-13/h4-10H,3H2,1-2H3,(H,19,20). The molecule has 2 rings (SSSR count). The number of carbonyl (C=O) groups excluding carboxylic acids is 2. The number of carbonyl (C=O) groups is 2. The zero-order chi connectivity index (χ0) is 16.1. The van der Waals surface area contributed by atoms with Gasteiger partial charge in [0.2, 0.25) is 0 Å². The van der Waals surface area contributed by atoms with Crippen LogP contribution in [0.25, 0.3) is 0 Å². The minimum atomic E-state index is -0.372. The van der Waals surface area contributed by atoms with Crippen LogP contribution in [0.15, 0.2) is 46.9 Å². The molecule has 0 radical (unpaired) electrons. The average Bonchev–Trinajstić information content (AvgIpc) is 2.51. The van der Waals surface area contributed by atoms with Gasteiger partial charge in [0.25, 0.3) is 5.91 Å². The van der Waals surface area contributed by atoms with E-state index in [0.29, 0.717) is 23.4 Å². The van der Waals surface area contributed by atoms with E-state index < -0.39 is 0 Å². The maximum absolute atomic E-state index is 12.2. The molecule has 0 saturated heterocycles. The van der Waals surface area contributed by atoms with Gasteiger partial charge in [-0.2, -0.15) is 0 Å². The summed E-state index contributed by atoms with van der Waals surface area (Å²) >= 11 is 3.41. The highest BCUT2D eigenvalue weighted by molar-refractivity contribution is 9.10. The highest BCUT2D eigenvalue weighted by Crippen LogP contribution is 2.19. The Balaban J connectivity index is 2.08. The zero-order valence-electron chi connectivity index (χ0n) is 12.4. The molecular formula is C17H16BrNO3. The van der Waals surface area contributed by atoms with Crippen LogP contribution in [0, 0.1) is 6.92 Å². The second-order valence-corrected chi connectivity index (χ2v) is 5.57. The van der Waals surface area contributed by atoms with Gasteiger partial charge in [0.15, 0.2) is 0 Å². The Labute approximate surface area is 137 Å². The maximum Gasteiger partial charge on any atom is 0.338 e. The summed E-state index contributed by atoms with van der Waals surface area (Å²) in [5, 5.41) is 2.79. The molecular weight excluding hydrogens is 346 g/mol. The van der Waals surface area contributed by atoms with Crippen LogP contribution in [-0.2, 0) is 4.74 Å². The Morgan fingerprint density at radius 1 is 1.09 bits per heavy atom. The van der Waals surface area contributed by atoms with Crippen molar-refractivity contribution in [2.45, 2.75) is 13.8 Å². The molecule has 0 bridgehead atoms. The van der Waals surface area contributed by atoms with Crippen molar-refractivity contribution in [3.63, 3.8) is 0 Å². The molecule has 0 spiro atoms. The van der Waals surface area contributed by atoms with Gasteiger partial charge < -0.3 is 10.1 Å². The second-order valence-electron chi connectivity index (χ2n) is 4.72. The van der Waals surface area contributed by atoms with Gasteiger partial charge in [-0.25, -0.2) is 4.79 Å². The predicted octanol–water partition coefficient (Wildman–Crippen LogP) is 4.19. The lowest BCUT2D eigenvalue weighted by Gasteiger charge is -2.07. The number of esters is 1. The molecule has 0 aliphatic carbocycles. The van der Waals surface area contributed by atoms with E-state index in [1.165, 1.54) is 0 Å². The van der Waals surface area contributed by atoms with Crippen LogP contribution in [0.4, 0.5) is 5.69 Å². The van der Waals surface area contributed by atoms with Crippen molar-refractivity contribution in [1.82, 2.24) is 0 Å². The van der Waals surface area contributed by atoms with Crippen LogP contribution < -0.4 is 5.32 Å². The largest absolute Gasteiger partial charge is 0.462 e. The molecule has 0 saturated carbocycles. The van der Waals surface area contributed by atoms with E-state index in [9.17, 15) is 9.59 Å². The Hall–Kier alpha value is -2.14. The molecule has 22 heavy (non-hydrogen) atoms. The zero-order valence-corrected chi connectivity index (χ0v) is 13.9. The Bertz CT molecular complexity index is 696. The number of halogens is 1. The second kappa shape index (κ2) is 7.22. The summed E-state index contributed by atoms with van der Waals surface area (Å²) in [6.07, 6.45) is 0. The van der Waals surface area contributed by atoms with E-state index in [1.54, 1.807) is 43.3 Å². The number of benzene rings is 2. The van der Waals surface area contributed by atoms with E-state index in [-0.39, 0.29) is 11.9 Å². The SMILES string of the molecule is CCOC(=O)c1ccc(NC(=O)c2ccc(C)c(Br)c2)cc1. The average molecular weight is 362 g/mol. The van der Waals surface area contributed by atoms with Gasteiger partial charge in [-0.3, -0.25) is 4.79 Å². The summed E-state index contributed by atoms with van der Waals surface area (Å²) in [4.78, 5) is 23.7. The van der Waals surface area contributed by atoms with Crippen LogP contribution >= 0.6 is 15.9 Å². The van der Waals surface area contributed by atoms with Crippen LogP contribution in [0.1, 0.15) is 33.2 Å². The van der Waals surface area contributed by atoms with Crippen molar-refractivity contribution < 1.29 is 14.3 Å². The quantitative estimate of drug-likeness (QED) is 0.830. The number of hydrogen-bond donors (Lipinski definition) is 1. The van der Waals surface area contributed by atoms with Crippen molar-refractivity contribution in [3.05, 3.63) is 63.6 Å². The summed E-state index contributed by atoms with van der Waals surface area (Å²) in [6, 6.07) is 12.0. The van der Waals surface area contributed by atoms with Crippen LogP contribution in [0.2, 0.25) is 0 Å². The van der Waals surface area contributed by atoms with Crippen molar-refractivity contribution >= 4 is 33.5 Å². The lowest BCUT2D eigenvalue weighted by molar-refractivity contribution is 0.0526. The number of aryl methyl sites for hydroxylation is 1. The minimum absolute atomic E-state index is 0.204. The van der Waals surface area contributed by atoms with Crippen molar-refractivity contribution in [2.24, 2.45) is 0 Å². The van der Waals surface area contributed by atoms with E-state index in [1.807, 2.05) is 13.0 Å². The number of nitrogens with one attached hydrogen (secondary N) is 1. The molecule has 2 aromatic rings. The van der Waals surface area contributed by atoms with Crippen molar-refractivity contribution in [3.8, 4) is 0 Å². The Kier molecular flexibility index (Phi) is 5.33. The molecule has 0 fully saturated rings. The first kappa shape index (κ1) is 16.2. The molecule has 2 aromatic carbocycles. The molecule has 114 valence electrons. The van der Waals surface area contributed by atoms with E-state index in [4.69, 9.17) is 4.74 Å². The molecule has 0 aliphatic rings. The first-order chi connectivity index (χ1) is 10.5. The number of rotatable bonds is 4. The van der Waals surface area contributed by atoms with E-state index in [0.717, 1.165) is 10.0 Å². The molecule has 1 N–H and O–H groups in total. The molecule has 5 heteroatoms. The summed E-state index contributed by atoms with van der Waals surface area (Å²) in [5.74, 6) is -0.576. The van der Waals surface area contributed by atoms with Crippen LogP contribution in [0.5, 0.6) is 0 Å². The van der Waals surface area contributed by atoms with Gasteiger partial charge in [0.05, 0.1) is 12.2 Å². The summed E-state index contributed by atoms with van der Waals surface area (Å²) in [6.45, 7) is 4.05. The third kappa shape index (κ3) is 3.95. The minimum Gasteiger partial charge on any atom is -0.462 e. The fraction of sp³-hybridized carbons (Fsp3) is 0.176. The lowest BCUT2D eigenvalue weighted by Crippen LogP contribution is -2.12. The summed E-state index contributed by atoms with van der Waals surface area (Å²) in [7, 11) is 0. The first-order valence-electron chi connectivity index (χ1n) is 6.86. The highest BCUT2D eigenvalue weighted by atomic mass is 79.9. The fourth-order valence-corrected chi connectivity index (χ4v) is 2.22. The molecule has 1 amide bonds. The highest BCUT2D eigenvalue weighted by Gasteiger charge is 2.09. The Morgan fingerprint density at radius 3 is 2.32 bits per heavy atom. The van der Waals surface area contributed by atoms with Crippen molar-refractivity contribution in [1.29, 1.82) is 0 Å². The molecule has 0 unspecified atom stereocenters. The van der Waals surface area contributed by atoms with Gasteiger partial charge in [-0.15, -0.1) is 0 Å². The normalized spacial score (nSPS) is 10.1. The summed E-state index contributed by atoms with van der Waals surface area (Å²) in [5.41, 5.74) is 2.70. The molecule has 0 aromatic heterocycles. The topological polar surface area (TPSA) is 55.4 Å². The third-order valence-electron chi connectivity index (χ3n) is 3.09. The number of anilines is 1. The molecule has 0 heterocycles. The molecule has 0 aliphatic heterocycles. The van der Waals surface area contributed by atoms with Crippen LogP contribution in [-0.4, -0.2) is 18.5 Å². The summed E-state index contributed by atoms with van der Waals surface area (Å²) < 4.78 is 5.80. The third-order valence-corrected chi connectivity index (χ3v) is 3.94. The van der Waals surface area contributed by atoms with Gasteiger partial charge in [-0.05, 0) is 55.8 Å². The Morgan fingerprint density at radius 2 is 1.73 bits per heavy atom. The smallest absolute Gasteiger partial charge is 0.338 e. The van der Waals surface area contributed by atoms with E-state index >= 15 is 0 Å². The van der Waals surface area contributed by atoms with E-state index in [2.05, 4.69) is 21.2 Å². The van der Waals surface area contributed by atoms with Crippen LogP contribution in [0.3, 0.4) is 0 Å². The van der Waals surface area contributed by atoms with Gasteiger partial charge in [0, 0.05) is 15.7 Å². The predicted molar refractivity (Wildman–Crippen MR) is 89.2 cm³/mol. The lowest BCUT2D eigenvalue weighted by atomic mass is 10.1. The molecule has 0 atom stereocenters. The van der Waals surface area contributed by atoms with Gasteiger partial charge in [-0.1, -0.05) is 22.0 Å². The van der Waals surface area contributed by atoms with Gasteiger partial charge >= 0.3 is 5.97 Å².